The van der Waals surface area contributed by atoms with Gasteiger partial charge in [0.1, 0.15) is 11.5 Å². The van der Waals surface area contributed by atoms with Gasteiger partial charge >= 0.3 is 5.97 Å². The fourth-order valence-corrected chi connectivity index (χ4v) is 4.13. The van der Waals surface area contributed by atoms with E-state index >= 15 is 0 Å². The molecule has 0 aromatic heterocycles. The Morgan fingerprint density at radius 3 is 2.03 bits per heavy atom. The molecular weight excluding hydrogens is 416 g/mol. The second-order valence-electron chi connectivity index (χ2n) is 8.32. The molecule has 0 fully saturated rings. The van der Waals surface area contributed by atoms with Crippen LogP contribution in [0.4, 0.5) is 0 Å². The standard InChI is InChI=1S/C28H32O5/c1-32-25-17-24(18-26(19-25)33-2)28(31)23(10-6-9-20-7-4-3-5-8-20)15-21-11-13-22(14-12-21)16-27(29)30/h3-5,7-8,11-14,17-19,23,28,31H,6,9-10,15-16H2,1-2H3,(H,29,30)/t23-,28?/m1/s1. The number of aliphatic hydroxyl groups excluding tert-OH is 1. The van der Waals surface area contributed by atoms with Crippen LogP contribution in [0.1, 0.15) is 41.2 Å². The lowest BCUT2D eigenvalue weighted by Gasteiger charge is -2.24. The Kier molecular flexibility index (Phi) is 8.90. The highest BCUT2D eigenvalue weighted by Gasteiger charge is 2.23. The molecule has 3 aromatic rings. The van der Waals surface area contributed by atoms with E-state index in [1.807, 2.05) is 54.6 Å². The summed E-state index contributed by atoms with van der Waals surface area (Å²) >= 11 is 0. The van der Waals surface area contributed by atoms with Crippen LogP contribution in [0.3, 0.4) is 0 Å². The van der Waals surface area contributed by atoms with Crippen LogP contribution in [0, 0.1) is 5.92 Å². The summed E-state index contributed by atoms with van der Waals surface area (Å²) in [6.07, 6.45) is 2.73. The predicted molar refractivity (Wildman–Crippen MR) is 129 cm³/mol. The molecule has 0 saturated carbocycles. The molecule has 0 spiro atoms. The molecule has 0 aliphatic rings. The van der Waals surface area contributed by atoms with E-state index in [2.05, 4.69) is 12.1 Å². The van der Waals surface area contributed by atoms with Gasteiger partial charge in [0.2, 0.25) is 0 Å². The van der Waals surface area contributed by atoms with Gasteiger partial charge in [0.05, 0.1) is 26.7 Å². The van der Waals surface area contributed by atoms with Crippen molar-refractivity contribution >= 4 is 5.97 Å². The SMILES string of the molecule is COc1cc(OC)cc(C(O)[C@H](CCCc2ccccc2)Cc2ccc(CC(=O)O)cc2)c1. The second kappa shape index (κ2) is 12.1. The molecule has 33 heavy (non-hydrogen) atoms. The Morgan fingerprint density at radius 2 is 1.45 bits per heavy atom. The molecule has 174 valence electrons. The zero-order valence-electron chi connectivity index (χ0n) is 19.2. The van der Waals surface area contributed by atoms with Crippen LogP contribution in [0.2, 0.25) is 0 Å². The highest BCUT2D eigenvalue weighted by molar-refractivity contribution is 5.70. The van der Waals surface area contributed by atoms with Gasteiger partial charge in [-0.2, -0.15) is 0 Å². The number of methoxy groups -OCH3 is 2. The summed E-state index contributed by atoms with van der Waals surface area (Å²) in [4.78, 5) is 11.0. The highest BCUT2D eigenvalue weighted by Crippen LogP contribution is 2.34. The van der Waals surface area contributed by atoms with E-state index in [9.17, 15) is 9.90 Å². The smallest absolute Gasteiger partial charge is 0.307 e. The molecule has 1 unspecified atom stereocenters. The first kappa shape index (κ1) is 24.3. The first-order chi connectivity index (χ1) is 16.0. The van der Waals surface area contributed by atoms with Gasteiger partial charge in [-0.15, -0.1) is 0 Å². The monoisotopic (exact) mass is 448 g/mol. The van der Waals surface area contributed by atoms with E-state index in [-0.39, 0.29) is 12.3 Å². The van der Waals surface area contributed by atoms with Crippen molar-refractivity contribution in [2.75, 3.05) is 14.2 Å². The Morgan fingerprint density at radius 1 is 0.848 bits per heavy atom. The molecule has 3 aromatic carbocycles. The van der Waals surface area contributed by atoms with Crippen molar-refractivity contribution in [1.82, 2.24) is 0 Å². The van der Waals surface area contributed by atoms with Crippen LogP contribution in [-0.2, 0) is 24.1 Å². The number of rotatable bonds is 12. The topological polar surface area (TPSA) is 76.0 Å². The van der Waals surface area contributed by atoms with Crippen molar-refractivity contribution in [3.05, 3.63) is 95.1 Å². The lowest BCUT2D eigenvalue weighted by atomic mass is 9.85. The summed E-state index contributed by atoms with van der Waals surface area (Å²) in [5.74, 6) is 0.425. The summed E-state index contributed by atoms with van der Waals surface area (Å²) in [7, 11) is 3.20. The van der Waals surface area contributed by atoms with Gasteiger partial charge in [-0.25, -0.2) is 0 Å². The Hall–Kier alpha value is -3.31. The van der Waals surface area contributed by atoms with Gasteiger partial charge in [-0.3, -0.25) is 4.79 Å². The van der Waals surface area contributed by atoms with E-state index in [1.165, 1.54) is 5.56 Å². The molecular formula is C28H32O5. The molecule has 0 amide bonds. The fourth-order valence-electron chi connectivity index (χ4n) is 4.13. The van der Waals surface area contributed by atoms with Gasteiger partial charge < -0.3 is 19.7 Å². The van der Waals surface area contributed by atoms with Gasteiger partial charge in [0.25, 0.3) is 0 Å². The van der Waals surface area contributed by atoms with Crippen LogP contribution >= 0.6 is 0 Å². The quantitative estimate of drug-likeness (QED) is 0.396. The van der Waals surface area contributed by atoms with Gasteiger partial charge in [0.15, 0.2) is 0 Å². The average molecular weight is 449 g/mol. The number of carboxylic acid groups (broad SMARTS) is 1. The van der Waals surface area contributed by atoms with E-state index in [0.717, 1.165) is 36.0 Å². The predicted octanol–water partition coefficient (Wildman–Crippen LogP) is 5.25. The first-order valence-electron chi connectivity index (χ1n) is 11.2. The van der Waals surface area contributed by atoms with Crippen LogP contribution in [0.25, 0.3) is 0 Å². The van der Waals surface area contributed by atoms with Gasteiger partial charge in [-0.05, 0) is 66.0 Å². The Labute approximate surface area is 195 Å². The highest BCUT2D eigenvalue weighted by atomic mass is 16.5. The normalized spacial score (nSPS) is 12.7. The summed E-state index contributed by atoms with van der Waals surface area (Å²) in [5.41, 5.74) is 3.89. The second-order valence-corrected chi connectivity index (χ2v) is 8.32. The molecule has 0 saturated heterocycles. The third kappa shape index (κ3) is 7.36. The molecule has 5 nitrogen and oxygen atoms in total. The summed E-state index contributed by atoms with van der Waals surface area (Å²) < 4.78 is 10.8. The lowest BCUT2D eigenvalue weighted by Crippen LogP contribution is -2.16. The third-order valence-corrected chi connectivity index (χ3v) is 5.92. The van der Waals surface area contributed by atoms with Crippen molar-refractivity contribution in [3.63, 3.8) is 0 Å². The maximum atomic E-state index is 11.4. The number of benzene rings is 3. The van der Waals surface area contributed by atoms with E-state index in [1.54, 1.807) is 20.3 Å². The number of hydrogen-bond acceptors (Lipinski definition) is 4. The van der Waals surface area contributed by atoms with E-state index < -0.39 is 12.1 Å². The average Bonchev–Trinajstić information content (AvgIpc) is 2.84. The minimum atomic E-state index is -0.844. The largest absolute Gasteiger partial charge is 0.497 e. The van der Waals surface area contributed by atoms with Crippen molar-refractivity contribution in [1.29, 1.82) is 0 Å². The number of carboxylic acids is 1. The fraction of sp³-hybridized carbons (Fsp3) is 0.321. The first-order valence-corrected chi connectivity index (χ1v) is 11.2. The summed E-state index contributed by atoms with van der Waals surface area (Å²) in [6, 6.07) is 23.5. The van der Waals surface area contributed by atoms with Crippen molar-refractivity contribution in [2.24, 2.45) is 5.92 Å². The van der Waals surface area contributed by atoms with Crippen LogP contribution < -0.4 is 9.47 Å². The zero-order valence-corrected chi connectivity index (χ0v) is 19.2. The van der Waals surface area contributed by atoms with Crippen LogP contribution in [0.5, 0.6) is 11.5 Å². The van der Waals surface area contributed by atoms with E-state index in [4.69, 9.17) is 14.6 Å². The molecule has 0 radical (unpaired) electrons. The zero-order chi connectivity index (χ0) is 23.6. The van der Waals surface area contributed by atoms with Gasteiger partial charge in [0, 0.05) is 6.07 Å². The lowest BCUT2D eigenvalue weighted by molar-refractivity contribution is -0.136. The molecule has 5 heteroatoms. The molecule has 0 heterocycles. The number of ether oxygens (including phenoxy) is 2. The van der Waals surface area contributed by atoms with E-state index in [0.29, 0.717) is 17.9 Å². The maximum absolute atomic E-state index is 11.4. The Bertz CT molecular complexity index is 992. The summed E-state index contributed by atoms with van der Waals surface area (Å²) in [5, 5.41) is 20.4. The molecule has 3 rings (SSSR count). The number of aliphatic hydroxyl groups is 1. The number of aliphatic carboxylic acids is 1. The summed E-state index contributed by atoms with van der Waals surface area (Å²) in [6.45, 7) is 0. The molecule has 2 atom stereocenters. The minimum absolute atomic E-state index is 0.00696. The molecule has 0 aliphatic heterocycles. The van der Waals surface area contributed by atoms with Crippen molar-refractivity contribution < 1.29 is 24.5 Å². The van der Waals surface area contributed by atoms with Crippen molar-refractivity contribution in [3.8, 4) is 11.5 Å². The third-order valence-electron chi connectivity index (χ3n) is 5.92. The number of hydrogen-bond donors (Lipinski definition) is 2. The van der Waals surface area contributed by atoms with Crippen LogP contribution in [-0.4, -0.2) is 30.4 Å². The Balaban J connectivity index is 1.78. The minimum Gasteiger partial charge on any atom is -0.497 e. The maximum Gasteiger partial charge on any atom is 0.307 e. The van der Waals surface area contributed by atoms with Crippen LogP contribution in [0.15, 0.2) is 72.8 Å². The molecule has 0 aliphatic carbocycles. The number of carbonyl (C=O) groups is 1. The van der Waals surface area contributed by atoms with Crippen molar-refractivity contribution in [2.45, 2.75) is 38.2 Å². The number of aryl methyl sites for hydroxylation is 1. The van der Waals surface area contributed by atoms with Gasteiger partial charge in [-0.1, -0.05) is 54.6 Å². The molecule has 2 N–H and O–H groups in total. The molecule has 0 bridgehead atoms.